The van der Waals surface area contributed by atoms with Crippen molar-refractivity contribution in [1.82, 2.24) is 15.1 Å². The van der Waals surface area contributed by atoms with Gasteiger partial charge in [-0.3, -0.25) is 4.99 Å². The number of aliphatic imine (C=N–C) groups is 1. The summed E-state index contributed by atoms with van der Waals surface area (Å²) in [4.78, 5) is 12.2. The van der Waals surface area contributed by atoms with Gasteiger partial charge in [0.1, 0.15) is 5.75 Å². The molecule has 0 amide bonds. The first kappa shape index (κ1) is 24.1. The van der Waals surface area contributed by atoms with Gasteiger partial charge >= 0.3 is 0 Å². The van der Waals surface area contributed by atoms with Gasteiger partial charge in [0.2, 0.25) is 0 Å². The van der Waals surface area contributed by atoms with E-state index in [4.69, 9.17) is 4.99 Å². The number of hydrogen-bond donors (Lipinski definition) is 2. The molecule has 0 saturated carbocycles. The number of likely N-dealkylation sites (tertiary alicyclic amines) is 1. The van der Waals surface area contributed by atoms with E-state index in [9.17, 15) is 5.11 Å². The van der Waals surface area contributed by atoms with Crippen molar-refractivity contribution in [2.45, 2.75) is 39.7 Å². The van der Waals surface area contributed by atoms with Gasteiger partial charge in [-0.1, -0.05) is 12.1 Å². The second kappa shape index (κ2) is 11.8. The molecule has 2 N–H and O–H groups in total. The minimum absolute atomic E-state index is 0. The lowest BCUT2D eigenvalue weighted by atomic mass is 9.97. The van der Waals surface area contributed by atoms with E-state index in [0.29, 0.717) is 17.7 Å². The Balaban J connectivity index is 0.00000300. The predicted molar refractivity (Wildman–Crippen MR) is 133 cm³/mol. The van der Waals surface area contributed by atoms with Crippen LogP contribution in [0, 0.1) is 5.92 Å². The molecule has 6 nitrogen and oxygen atoms in total. The Morgan fingerprint density at radius 3 is 2.55 bits per heavy atom. The highest BCUT2D eigenvalue weighted by Crippen LogP contribution is 2.27. The Labute approximate surface area is 193 Å². The maximum Gasteiger partial charge on any atom is 0.194 e. The molecule has 29 heavy (non-hydrogen) atoms. The third kappa shape index (κ3) is 6.64. The smallest absolute Gasteiger partial charge is 0.194 e. The highest BCUT2D eigenvalue weighted by molar-refractivity contribution is 14.0. The Bertz CT molecular complexity index is 646. The van der Waals surface area contributed by atoms with Crippen molar-refractivity contribution >= 4 is 35.6 Å². The van der Waals surface area contributed by atoms with Crippen LogP contribution in [0.5, 0.6) is 5.75 Å². The van der Waals surface area contributed by atoms with Crippen molar-refractivity contribution < 1.29 is 5.11 Å². The van der Waals surface area contributed by atoms with Crippen LogP contribution < -0.4 is 10.2 Å². The topological polar surface area (TPSA) is 54.3 Å². The monoisotopic (exact) mass is 515 g/mol. The van der Waals surface area contributed by atoms with Gasteiger partial charge in [-0.2, -0.15) is 0 Å². The summed E-state index contributed by atoms with van der Waals surface area (Å²) in [6.45, 7) is 14.5. The van der Waals surface area contributed by atoms with E-state index < -0.39 is 0 Å². The number of piperazine rings is 1. The molecule has 1 aromatic rings. The van der Waals surface area contributed by atoms with Gasteiger partial charge in [-0.15, -0.1) is 24.0 Å². The Kier molecular flexibility index (Phi) is 9.82. The average Bonchev–Trinajstić information content (AvgIpc) is 2.72. The average molecular weight is 515 g/mol. The molecule has 2 heterocycles. The number of aromatic hydroxyl groups is 1. The lowest BCUT2D eigenvalue weighted by Crippen LogP contribution is -2.52. The molecular weight excluding hydrogens is 477 g/mol. The van der Waals surface area contributed by atoms with Gasteiger partial charge in [0, 0.05) is 51.9 Å². The van der Waals surface area contributed by atoms with Gasteiger partial charge < -0.3 is 25.1 Å². The number of rotatable bonds is 5. The molecule has 3 rings (SSSR count). The van der Waals surface area contributed by atoms with Crippen molar-refractivity contribution in [2.75, 3.05) is 57.3 Å². The van der Waals surface area contributed by atoms with Crippen LogP contribution in [-0.4, -0.2) is 79.3 Å². The molecule has 2 aliphatic rings. The maximum absolute atomic E-state index is 10.1. The number of hydrogen-bond acceptors (Lipinski definition) is 4. The zero-order chi connectivity index (χ0) is 19.9. The number of phenols is 1. The lowest BCUT2D eigenvalue weighted by Gasteiger charge is -2.38. The van der Waals surface area contributed by atoms with Crippen molar-refractivity contribution in [3.8, 4) is 5.75 Å². The zero-order valence-corrected chi connectivity index (χ0v) is 20.5. The van der Waals surface area contributed by atoms with Gasteiger partial charge in [-0.25, -0.2) is 0 Å². The number of piperidine rings is 1. The van der Waals surface area contributed by atoms with E-state index >= 15 is 0 Å². The van der Waals surface area contributed by atoms with Crippen LogP contribution in [0.15, 0.2) is 29.3 Å². The van der Waals surface area contributed by atoms with Crippen LogP contribution in [0.3, 0.4) is 0 Å². The molecule has 1 aromatic carbocycles. The summed E-state index contributed by atoms with van der Waals surface area (Å²) in [5.74, 6) is 2.07. The van der Waals surface area contributed by atoms with Gasteiger partial charge in [0.15, 0.2) is 5.96 Å². The van der Waals surface area contributed by atoms with Crippen LogP contribution in [0.1, 0.15) is 33.6 Å². The first-order valence-electron chi connectivity index (χ1n) is 10.9. The molecule has 2 saturated heterocycles. The summed E-state index contributed by atoms with van der Waals surface area (Å²) >= 11 is 0. The van der Waals surface area contributed by atoms with E-state index in [-0.39, 0.29) is 24.0 Å². The molecule has 0 bridgehead atoms. The van der Waals surface area contributed by atoms with E-state index in [0.717, 1.165) is 50.9 Å². The number of phenolic OH excluding ortho intramolecular Hbond substituents is 1. The maximum atomic E-state index is 10.1. The summed E-state index contributed by atoms with van der Waals surface area (Å²) in [6.07, 6.45) is 2.57. The van der Waals surface area contributed by atoms with Crippen LogP contribution >= 0.6 is 24.0 Å². The Morgan fingerprint density at radius 2 is 1.90 bits per heavy atom. The van der Waals surface area contributed by atoms with Crippen LogP contribution in [0.25, 0.3) is 0 Å². The molecule has 0 aromatic heterocycles. The SMILES string of the molecule is CCNC(=NCC1CCCN(C(C)C)C1)N1CCN(c2ccccc2O)CC1.I. The summed E-state index contributed by atoms with van der Waals surface area (Å²) < 4.78 is 0. The molecule has 0 aliphatic carbocycles. The first-order chi connectivity index (χ1) is 13.6. The van der Waals surface area contributed by atoms with Crippen molar-refractivity contribution in [2.24, 2.45) is 10.9 Å². The minimum Gasteiger partial charge on any atom is -0.506 e. The second-order valence-corrected chi connectivity index (χ2v) is 8.25. The van der Waals surface area contributed by atoms with Gasteiger partial charge in [0.25, 0.3) is 0 Å². The molecule has 1 atom stereocenters. The van der Waals surface area contributed by atoms with E-state index in [2.05, 4.69) is 40.8 Å². The normalized spacial score (nSPS) is 21.2. The molecule has 0 spiro atoms. The molecule has 2 fully saturated rings. The van der Waals surface area contributed by atoms with Crippen molar-refractivity contribution in [1.29, 1.82) is 0 Å². The number of benzene rings is 1. The summed E-state index contributed by atoms with van der Waals surface area (Å²) in [6, 6.07) is 8.24. The van der Waals surface area contributed by atoms with Gasteiger partial charge in [0.05, 0.1) is 5.69 Å². The second-order valence-electron chi connectivity index (χ2n) is 8.25. The van der Waals surface area contributed by atoms with E-state index in [1.165, 1.54) is 25.9 Å². The van der Waals surface area contributed by atoms with Crippen molar-refractivity contribution in [3.63, 3.8) is 0 Å². The summed E-state index contributed by atoms with van der Waals surface area (Å²) in [5, 5.41) is 13.6. The molecule has 7 heteroatoms. The predicted octanol–water partition coefficient (Wildman–Crippen LogP) is 3.22. The van der Waals surface area contributed by atoms with Crippen LogP contribution in [0.2, 0.25) is 0 Å². The fraction of sp³-hybridized carbons (Fsp3) is 0.682. The highest BCUT2D eigenvalue weighted by Gasteiger charge is 2.24. The zero-order valence-electron chi connectivity index (χ0n) is 18.2. The third-order valence-corrected chi connectivity index (χ3v) is 5.92. The summed E-state index contributed by atoms with van der Waals surface area (Å²) in [5.41, 5.74) is 0.931. The standard InChI is InChI=1S/C22H37N5O.HI/c1-4-23-22(24-16-19-8-7-11-27(17-19)18(2)3)26-14-12-25(13-15-26)20-9-5-6-10-21(20)28;/h5-6,9-10,18-19,28H,4,7-8,11-17H2,1-3H3,(H,23,24);1H. The number of halogens is 1. The van der Waals surface area contributed by atoms with E-state index in [1.54, 1.807) is 6.07 Å². The Hall–Kier alpha value is -1.22. The largest absolute Gasteiger partial charge is 0.506 e. The molecule has 0 radical (unpaired) electrons. The third-order valence-electron chi connectivity index (χ3n) is 5.92. The highest BCUT2D eigenvalue weighted by atomic mass is 127. The fourth-order valence-electron chi connectivity index (χ4n) is 4.25. The lowest BCUT2D eigenvalue weighted by molar-refractivity contribution is 0.143. The van der Waals surface area contributed by atoms with Crippen LogP contribution in [0.4, 0.5) is 5.69 Å². The van der Waals surface area contributed by atoms with E-state index in [1.807, 2.05) is 18.2 Å². The fourth-order valence-corrected chi connectivity index (χ4v) is 4.25. The van der Waals surface area contributed by atoms with Gasteiger partial charge in [-0.05, 0) is 58.2 Å². The number of guanidine groups is 1. The number of anilines is 1. The molecular formula is C22H38IN5O. The molecule has 2 aliphatic heterocycles. The molecule has 1 unspecified atom stereocenters. The van der Waals surface area contributed by atoms with Crippen molar-refractivity contribution in [3.05, 3.63) is 24.3 Å². The number of nitrogens with one attached hydrogen (secondary N) is 1. The minimum atomic E-state index is 0. The Morgan fingerprint density at radius 1 is 1.17 bits per heavy atom. The molecule has 164 valence electrons. The quantitative estimate of drug-likeness (QED) is 0.359. The number of para-hydroxylation sites is 2. The number of nitrogens with zero attached hydrogens (tertiary/aromatic N) is 4. The van der Waals surface area contributed by atoms with Crippen LogP contribution in [-0.2, 0) is 0 Å². The first-order valence-corrected chi connectivity index (χ1v) is 10.9. The summed E-state index contributed by atoms with van der Waals surface area (Å²) in [7, 11) is 0.